The SMILES string of the molecule is CC(O)CN(C)Cc1nccn1C(F)F. The van der Waals surface area contributed by atoms with Crippen LogP contribution in [-0.4, -0.2) is 39.3 Å². The molecule has 1 unspecified atom stereocenters. The highest BCUT2D eigenvalue weighted by Gasteiger charge is 2.13. The van der Waals surface area contributed by atoms with Crippen molar-refractivity contribution in [3.63, 3.8) is 0 Å². The zero-order valence-electron chi connectivity index (χ0n) is 8.77. The van der Waals surface area contributed by atoms with Gasteiger partial charge in [-0.1, -0.05) is 0 Å². The lowest BCUT2D eigenvalue weighted by molar-refractivity contribution is 0.0630. The molecule has 0 bridgehead atoms. The molecule has 0 aliphatic rings. The summed E-state index contributed by atoms with van der Waals surface area (Å²) in [5.41, 5.74) is 0. The van der Waals surface area contributed by atoms with Crippen LogP contribution in [0.5, 0.6) is 0 Å². The third kappa shape index (κ3) is 3.56. The van der Waals surface area contributed by atoms with Gasteiger partial charge < -0.3 is 5.11 Å². The van der Waals surface area contributed by atoms with Gasteiger partial charge in [-0.3, -0.25) is 9.47 Å². The predicted molar refractivity (Wildman–Crippen MR) is 51.5 cm³/mol. The minimum atomic E-state index is -2.57. The number of hydrogen-bond donors (Lipinski definition) is 1. The molecule has 0 aliphatic heterocycles. The van der Waals surface area contributed by atoms with Crippen molar-refractivity contribution in [3.05, 3.63) is 18.2 Å². The number of aromatic nitrogens is 2. The van der Waals surface area contributed by atoms with Crippen LogP contribution in [0.15, 0.2) is 12.4 Å². The van der Waals surface area contributed by atoms with Crippen LogP contribution in [0.4, 0.5) is 8.78 Å². The number of hydrogen-bond acceptors (Lipinski definition) is 3. The maximum absolute atomic E-state index is 12.4. The maximum atomic E-state index is 12.4. The Morgan fingerprint density at radius 2 is 2.27 bits per heavy atom. The number of nitrogens with zero attached hydrogens (tertiary/aromatic N) is 3. The molecule has 1 rings (SSSR count). The standard InChI is InChI=1S/C9H15F2N3O/c1-7(15)5-13(2)6-8-12-3-4-14(8)9(10)11/h3-4,7,9,15H,5-6H2,1-2H3. The molecule has 0 saturated carbocycles. The molecular formula is C9H15F2N3O. The van der Waals surface area contributed by atoms with E-state index in [1.54, 1.807) is 18.9 Å². The number of imidazole rings is 1. The summed E-state index contributed by atoms with van der Waals surface area (Å²) in [7, 11) is 1.75. The Bertz CT molecular complexity index is 301. The molecular weight excluding hydrogens is 204 g/mol. The molecule has 0 amide bonds. The van der Waals surface area contributed by atoms with Crippen molar-refractivity contribution in [3.8, 4) is 0 Å². The maximum Gasteiger partial charge on any atom is 0.319 e. The second kappa shape index (κ2) is 5.18. The Balaban J connectivity index is 2.60. The summed E-state index contributed by atoms with van der Waals surface area (Å²) < 4.78 is 25.7. The molecule has 1 aromatic heterocycles. The highest BCUT2D eigenvalue weighted by atomic mass is 19.3. The number of likely N-dealkylation sites (N-methyl/N-ethyl adjacent to an activating group) is 1. The van der Waals surface area contributed by atoms with E-state index in [0.29, 0.717) is 18.9 Å². The smallest absolute Gasteiger partial charge is 0.319 e. The summed E-state index contributed by atoms with van der Waals surface area (Å²) in [5.74, 6) is 0.299. The minimum Gasteiger partial charge on any atom is -0.392 e. The first-order valence-corrected chi connectivity index (χ1v) is 4.67. The number of alkyl halides is 2. The Morgan fingerprint density at radius 1 is 1.60 bits per heavy atom. The first kappa shape index (κ1) is 12.1. The molecule has 0 fully saturated rings. The van der Waals surface area contributed by atoms with Gasteiger partial charge in [0, 0.05) is 18.9 Å². The molecule has 0 spiro atoms. The number of aliphatic hydroxyl groups excluding tert-OH is 1. The number of aliphatic hydroxyl groups is 1. The predicted octanol–water partition coefficient (Wildman–Crippen LogP) is 1.09. The fraction of sp³-hybridized carbons (Fsp3) is 0.667. The summed E-state index contributed by atoms with van der Waals surface area (Å²) in [6.07, 6.45) is 2.11. The van der Waals surface area contributed by atoms with E-state index in [0.717, 1.165) is 4.57 Å². The van der Waals surface area contributed by atoms with Crippen LogP contribution in [0.3, 0.4) is 0 Å². The van der Waals surface area contributed by atoms with Crippen LogP contribution in [0.25, 0.3) is 0 Å². The van der Waals surface area contributed by atoms with Crippen LogP contribution in [0, 0.1) is 0 Å². The van der Waals surface area contributed by atoms with E-state index in [9.17, 15) is 8.78 Å². The first-order chi connectivity index (χ1) is 7.00. The van der Waals surface area contributed by atoms with Crippen LogP contribution in [0.2, 0.25) is 0 Å². The van der Waals surface area contributed by atoms with E-state index in [-0.39, 0.29) is 0 Å². The van der Waals surface area contributed by atoms with Crippen LogP contribution in [0.1, 0.15) is 19.3 Å². The summed E-state index contributed by atoms with van der Waals surface area (Å²) in [6.45, 7) is -0.198. The normalized spacial score (nSPS) is 13.8. The van der Waals surface area contributed by atoms with E-state index in [4.69, 9.17) is 5.11 Å². The summed E-state index contributed by atoms with van der Waals surface area (Å²) >= 11 is 0. The van der Waals surface area contributed by atoms with Gasteiger partial charge in [-0.25, -0.2) is 4.98 Å². The Kier molecular flexibility index (Phi) is 4.16. The highest BCUT2D eigenvalue weighted by Crippen LogP contribution is 2.13. The summed E-state index contributed by atoms with van der Waals surface area (Å²) in [5, 5.41) is 9.11. The summed E-state index contributed by atoms with van der Waals surface area (Å²) in [6, 6.07) is 0. The van der Waals surface area contributed by atoms with Crippen molar-refractivity contribution in [1.29, 1.82) is 0 Å². The third-order valence-corrected chi connectivity index (χ3v) is 1.95. The van der Waals surface area contributed by atoms with Crippen LogP contribution in [-0.2, 0) is 6.54 Å². The molecule has 4 nitrogen and oxygen atoms in total. The largest absolute Gasteiger partial charge is 0.392 e. The molecule has 0 saturated heterocycles. The van der Waals surface area contributed by atoms with E-state index < -0.39 is 12.7 Å². The molecule has 1 heterocycles. The van der Waals surface area contributed by atoms with Gasteiger partial charge in [-0.2, -0.15) is 8.78 Å². The lowest BCUT2D eigenvalue weighted by atomic mass is 10.3. The van der Waals surface area contributed by atoms with Gasteiger partial charge in [0.15, 0.2) is 0 Å². The van der Waals surface area contributed by atoms with Crippen LogP contribution < -0.4 is 0 Å². The molecule has 86 valence electrons. The van der Waals surface area contributed by atoms with Crippen molar-refractivity contribution >= 4 is 0 Å². The molecule has 6 heteroatoms. The van der Waals surface area contributed by atoms with E-state index >= 15 is 0 Å². The average molecular weight is 219 g/mol. The van der Waals surface area contributed by atoms with Crippen molar-refractivity contribution in [2.75, 3.05) is 13.6 Å². The van der Waals surface area contributed by atoms with Gasteiger partial charge >= 0.3 is 6.55 Å². The fourth-order valence-electron chi connectivity index (χ4n) is 1.40. The fourth-order valence-corrected chi connectivity index (χ4v) is 1.40. The highest BCUT2D eigenvalue weighted by molar-refractivity contribution is 4.92. The topological polar surface area (TPSA) is 41.3 Å². The van der Waals surface area contributed by atoms with E-state index in [1.165, 1.54) is 12.4 Å². The second-order valence-electron chi connectivity index (χ2n) is 3.57. The van der Waals surface area contributed by atoms with Gasteiger partial charge in [0.1, 0.15) is 5.82 Å². The lowest BCUT2D eigenvalue weighted by Gasteiger charge is -2.18. The van der Waals surface area contributed by atoms with Crippen molar-refractivity contribution < 1.29 is 13.9 Å². The van der Waals surface area contributed by atoms with Gasteiger partial charge in [-0.05, 0) is 14.0 Å². The molecule has 1 atom stereocenters. The van der Waals surface area contributed by atoms with Crippen molar-refractivity contribution in [1.82, 2.24) is 14.5 Å². The second-order valence-corrected chi connectivity index (χ2v) is 3.57. The molecule has 0 aromatic carbocycles. The molecule has 1 aromatic rings. The van der Waals surface area contributed by atoms with Gasteiger partial charge in [0.2, 0.25) is 0 Å². The van der Waals surface area contributed by atoms with Crippen molar-refractivity contribution in [2.45, 2.75) is 26.1 Å². The van der Waals surface area contributed by atoms with Gasteiger partial charge in [0.25, 0.3) is 0 Å². The minimum absolute atomic E-state index is 0.294. The molecule has 15 heavy (non-hydrogen) atoms. The monoisotopic (exact) mass is 219 g/mol. The zero-order chi connectivity index (χ0) is 11.4. The Morgan fingerprint density at radius 3 is 2.80 bits per heavy atom. The number of halogens is 2. The summed E-state index contributed by atoms with van der Waals surface area (Å²) in [4.78, 5) is 5.59. The first-order valence-electron chi connectivity index (χ1n) is 4.67. The zero-order valence-corrected chi connectivity index (χ0v) is 8.77. The Labute approximate surface area is 87.1 Å². The lowest BCUT2D eigenvalue weighted by Crippen LogP contribution is -2.28. The molecule has 1 N–H and O–H groups in total. The third-order valence-electron chi connectivity index (χ3n) is 1.95. The van der Waals surface area contributed by atoms with E-state index in [2.05, 4.69) is 4.98 Å². The average Bonchev–Trinajstić information content (AvgIpc) is 2.50. The van der Waals surface area contributed by atoms with Crippen molar-refractivity contribution in [2.24, 2.45) is 0 Å². The van der Waals surface area contributed by atoms with Gasteiger partial charge in [0.05, 0.1) is 12.6 Å². The van der Waals surface area contributed by atoms with Crippen LogP contribution >= 0.6 is 0 Å². The quantitative estimate of drug-likeness (QED) is 0.806. The Hall–Kier alpha value is -1.01. The molecule has 0 radical (unpaired) electrons. The van der Waals surface area contributed by atoms with E-state index in [1.807, 2.05) is 0 Å². The van der Waals surface area contributed by atoms with Gasteiger partial charge in [-0.15, -0.1) is 0 Å². The number of rotatable bonds is 5. The molecule has 0 aliphatic carbocycles.